The Labute approximate surface area is 69.1 Å². The van der Waals surface area contributed by atoms with Gasteiger partial charge in [0, 0.05) is 0 Å². The molecule has 2 unspecified atom stereocenters. The first-order valence-electron chi connectivity index (χ1n) is 4.16. The second-order valence-electron chi connectivity index (χ2n) is 3.01. The average Bonchev–Trinajstić information content (AvgIpc) is 1.83. The van der Waals surface area contributed by atoms with Crippen molar-refractivity contribution in [2.24, 2.45) is 11.8 Å². The summed E-state index contributed by atoms with van der Waals surface area (Å²) in [5.41, 5.74) is 0. The topological polar surface area (TPSA) is 0 Å². The molecule has 2 atom stereocenters. The maximum atomic E-state index is 4.25. The molecule has 0 N–H and O–H groups in total. The van der Waals surface area contributed by atoms with E-state index < -0.39 is 0 Å². The molecule has 0 aromatic carbocycles. The van der Waals surface area contributed by atoms with Gasteiger partial charge in [0.1, 0.15) is 0 Å². The van der Waals surface area contributed by atoms with Crippen LogP contribution in [0.3, 0.4) is 0 Å². The van der Waals surface area contributed by atoms with Gasteiger partial charge in [0.15, 0.2) is 0 Å². The largest absolute Gasteiger partial charge is 0.179 e. The van der Waals surface area contributed by atoms with Crippen LogP contribution >= 0.6 is 12.6 Å². The van der Waals surface area contributed by atoms with E-state index in [2.05, 4.69) is 31.7 Å². The van der Waals surface area contributed by atoms with Gasteiger partial charge in [-0.05, 0) is 30.4 Å². The molecule has 0 aromatic heterocycles. The van der Waals surface area contributed by atoms with Crippen LogP contribution in [0.15, 0.2) is 12.2 Å². The molecular formula is C9H16S. The highest BCUT2D eigenvalue weighted by Crippen LogP contribution is 2.30. The maximum absolute atomic E-state index is 4.25. The van der Waals surface area contributed by atoms with Crippen molar-refractivity contribution in [1.29, 1.82) is 0 Å². The molecule has 0 heterocycles. The van der Waals surface area contributed by atoms with Crippen molar-refractivity contribution in [2.75, 3.05) is 5.75 Å². The van der Waals surface area contributed by atoms with E-state index in [9.17, 15) is 0 Å². The first kappa shape index (κ1) is 8.19. The third-order valence-electron chi connectivity index (χ3n) is 2.42. The van der Waals surface area contributed by atoms with E-state index in [0.29, 0.717) is 0 Å². The van der Waals surface area contributed by atoms with Crippen LogP contribution in [0, 0.1) is 11.8 Å². The average molecular weight is 156 g/mol. The van der Waals surface area contributed by atoms with Crippen LogP contribution in [0.1, 0.15) is 26.2 Å². The number of thiol groups is 1. The van der Waals surface area contributed by atoms with Gasteiger partial charge in [-0.2, -0.15) is 12.6 Å². The molecule has 0 radical (unpaired) electrons. The monoisotopic (exact) mass is 156 g/mol. The Bertz CT molecular complexity index is 118. The summed E-state index contributed by atoms with van der Waals surface area (Å²) >= 11 is 4.25. The Morgan fingerprint density at radius 1 is 1.70 bits per heavy atom. The molecule has 0 spiro atoms. The fourth-order valence-corrected chi connectivity index (χ4v) is 1.86. The van der Waals surface area contributed by atoms with Crippen LogP contribution in [0.5, 0.6) is 0 Å². The minimum atomic E-state index is 0.886. The molecule has 1 heteroatoms. The Kier molecular flexibility index (Phi) is 3.33. The van der Waals surface area contributed by atoms with Gasteiger partial charge in [-0.1, -0.05) is 25.5 Å². The zero-order valence-corrected chi connectivity index (χ0v) is 7.48. The zero-order valence-electron chi connectivity index (χ0n) is 6.59. The first-order valence-corrected chi connectivity index (χ1v) is 4.79. The minimum absolute atomic E-state index is 0.886. The number of rotatable bonds is 4. The van der Waals surface area contributed by atoms with E-state index >= 15 is 0 Å². The van der Waals surface area contributed by atoms with Crippen LogP contribution in [0.25, 0.3) is 0 Å². The van der Waals surface area contributed by atoms with E-state index in [1.165, 1.54) is 19.3 Å². The van der Waals surface area contributed by atoms with Gasteiger partial charge < -0.3 is 0 Å². The zero-order chi connectivity index (χ0) is 7.40. The summed E-state index contributed by atoms with van der Waals surface area (Å²) in [6.07, 6.45) is 8.53. The lowest BCUT2D eigenvalue weighted by Crippen LogP contribution is -2.16. The standard InChI is InChI=1S/C9H16S/c1-2-8(6-7-10)9-4-3-5-9/h3-4,8-10H,2,5-7H2,1H3. The minimum Gasteiger partial charge on any atom is -0.179 e. The lowest BCUT2D eigenvalue weighted by atomic mass is 9.80. The molecule has 0 bridgehead atoms. The van der Waals surface area contributed by atoms with Crippen LogP contribution in [-0.2, 0) is 0 Å². The molecule has 0 aromatic rings. The lowest BCUT2D eigenvalue weighted by Gasteiger charge is -2.26. The van der Waals surface area contributed by atoms with Crippen LogP contribution < -0.4 is 0 Å². The normalized spacial score (nSPS) is 26.0. The molecule has 58 valence electrons. The van der Waals surface area contributed by atoms with E-state index in [1.54, 1.807) is 0 Å². The molecule has 0 saturated carbocycles. The number of allylic oxidation sites excluding steroid dienone is 2. The molecule has 0 aliphatic heterocycles. The van der Waals surface area contributed by atoms with Gasteiger partial charge in [-0.3, -0.25) is 0 Å². The summed E-state index contributed by atoms with van der Waals surface area (Å²) in [7, 11) is 0. The van der Waals surface area contributed by atoms with E-state index in [0.717, 1.165) is 17.6 Å². The lowest BCUT2D eigenvalue weighted by molar-refractivity contribution is 0.355. The molecule has 0 saturated heterocycles. The summed E-state index contributed by atoms with van der Waals surface area (Å²) in [4.78, 5) is 0. The molecule has 1 aliphatic carbocycles. The molecule has 0 amide bonds. The van der Waals surface area contributed by atoms with Crippen molar-refractivity contribution < 1.29 is 0 Å². The third-order valence-corrected chi connectivity index (χ3v) is 2.68. The Morgan fingerprint density at radius 2 is 2.40 bits per heavy atom. The molecule has 1 rings (SSSR count). The Morgan fingerprint density at radius 3 is 2.70 bits per heavy atom. The predicted molar refractivity (Wildman–Crippen MR) is 49.5 cm³/mol. The van der Waals surface area contributed by atoms with Crippen molar-refractivity contribution in [3.05, 3.63) is 12.2 Å². The first-order chi connectivity index (χ1) is 4.88. The SMILES string of the molecule is CCC(CCS)C1C=CC1. The van der Waals surface area contributed by atoms with Crippen molar-refractivity contribution in [3.63, 3.8) is 0 Å². The van der Waals surface area contributed by atoms with Crippen LogP contribution in [0.2, 0.25) is 0 Å². The van der Waals surface area contributed by atoms with Gasteiger partial charge >= 0.3 is 0 Å². The summed E-state index contributed by atoms with van der Waals surface area (Å²) in [6, 6.07) is 0. The van der Waals surface area contributed by atoms with E-state index in [1.807, 2.05) is 0 Å². The molecule has 10 heavy (non-hydrogen) atoms. The summed E-state index contributed by atoms with van der Waals surface area (Å²) < 4.78 is 0. The number of hydrogen-bond acceptors (Lipinski definition) is 1. The highest BCUT2D eigenvalue weighted by Gasteiger charge is 2.19. The van der Waals surface area contributed by atoms with Gasteiger partial charge in [0.05, 0.1) is 0 Å². The fourth-order valence-electron chi connectivity index (χ4n) is 1.53. The van der Waals surface area contributed by atoms with Crippen molar-refractivity contribution in [2.45, 2.75) is 26.2 Å². The maximum Gasteiger partial charge on any atom is -0.00951 e. The highest BCUT2D eigenvalue weighted by atomic mass is 32.1. The summed E-state index contributed by atoms with van der Waals surface area (Å²) in [5.74, 6) is 2.84. The van der Waals surface area contributed by atoms with Crippen molar-refractivity contribution >= 4 is 12.6 Å². The molecule has 0 nitrogen and oxygen atoms in total. The van der Waals surface area contributed by atoms with E-state index in [4.69, 9.17) is 0 Å². The third kappa shape index (κ3) is 1.79. The molecular weight excluding hydrogens is 140 g/mol. The quantitative estimate of drug-likeness (QED) is 0.469. The number of hydrogen-bond donors (Lipinski definition) is 1. The predicted octanol–water partition coefficient (Wildman–Crippen LogP) is 2.91. The molecule has 0 fully saturated rings. The van der Waals surface area contributed by atoms with Gasteiger partial charge in [0.25, 0.3) is 0 Å². The fraction of sp³-hybridized carbons (Fsp3) is 0.778. The summed E-state index contributed by atoms with van der Waals surface area (Å²) in [6.45, 7) is 2.28. The second-order valence-corrected chi connectivity index (χ2v) is 3.46. The Balaban J connectivity index is 2.25. The van der Waals surface area contributed by atoms with Gasteiger partial charge in [0.2, 0.25) is 0 Å². The second kappa shape index (κ2) is 4.07. The molecule has 1 aliphatic rings. The van der Waals surface area contributed by atoms with Crippen molar-refractivity contribution in [1.82, 2.24) is 0 Å². The van der Waals surface area contributed by atoms with Gasteiger partial charge in [-0.25, -0.2) is 0 Å². The van der Waals surface area contributed by atoms with E-state index in [-0.39, 0.29) is 0 Å². The van der Waals surface area contributed by atoms with Crippen molar-refractivity contribution in [3.8, 4) is 0 Å². The smallest absolute Gasteiger partial charge is 0.00951 e. The summed E-state index contributed by atoms with van der Waals surface area (Å²) in [5, 5.41) is 0. The van der Waals surface area contributed by atoms with Crippen LogP contribution in [-0.4, -0.2) is 5.75 Å². The van der Waals surface area contributed by atoms with Gasteiger partial charge in [-0.15, -0.1) is 0 Å². The van der Waals surface area contributed by atoms with Crippen LogP contribution in [0.4, 0.5) is 0 Å². The highest BCUT2D eigenvalue weighted by molar-refractivity contribution is 7.80. The Hall–Kier alpha value is 0.0900.